The lowest BCUT2D eigenvalue weighted by atomic mass is 10.1. The van der Waals surface area contributed by atoms with Gasteiger partial charge in [-0.1, -0.05) is 84.5 Å². The lowest BCUT2D eigenvalue weighted by Crippen LogP contribution is -2.27. The number of unbranched alkanes of at least 4 members (excludes halogenated alkanes) is 11. The van der Waals surface area contributed by atoms with Crippen LogP contribution < -0.4 is 4.72 Å². The zero-order chi connectivity index (χ0) is 15.8. The predicted octanol–water partition coefficient (Wildman–Crippen LogP) is 5.02. The lowest BCUT2D eigenvalue weighted by molar-refractivity contribution is 0.555. The summed E-state index contributed by atoms with van der Waals surface area (Å²) in [5, 5.41) is 0. The van der Waals surface area contributed by atoms with Gasteiger partial charge in [-0.3, -0.25) is 0 Å². The summed E-state index contributed by atoms with van der Waals surface area (Å²) in [5.41, 5.74) is 0. The molecule has 0 fully saturated rings. The summed E-state index contributed by atoms with van der Waals surface area (Å²) in [6.07, 6.45) is 15.4. The minimum atomic E-state index is -3.02. The molecule has 1 N–H and O–H groups in total. The van der Waals surface area contributed by atoms with Gasteiger partial charge in [-0.25, -0.2) is 13.1 Å². The zero-order valence-electron chi connectivity index (χ0n) is 14.3. The van der Waals surface area contributed by atoms with Gasteiger partial charge in [0.2, 0.25) is 10.0 Å². The standard InChI is InChI=1S/C17H37NO2S/c1-3-5-7-9-10-11-12-14-16-18-21(19,20)17-15-13-8-6-4-2/h18H,3-17H2,1-2H3. The van der Waals surface area contributed by atoms with Gasteiger partial charge < -0.3 is 0 Å². The summed E-state index contributed by atoms with van der Waals surface area (Å²) >= 11 is 0. The Balaban J connectivity index is 3.36. The predicted molar refractivity (Wildman–Crippen MR) is 93.2 cm³/mol. The van der Waals surface area contributed by atoms with Crippen molar-refractivity contribution in [2.75, 3.05) is 12.3 Å². The number of hydrogen-bond acceptors (Lipinski definition) is 2. The molecule has 0 amide bonds. The zero-order valence-corrected chi connectivity index (χ0v) is 15.1. The second kappa shape index (κ2) is 14.8. The maximum Gasteiger partial charge on any atom is 0.211 e. The fraction of sp³-hybridized carbons (Fsp3) is 1.00. The summed E-state index contributed by atoms with van der Waals surface area (Å²) in [5.74, 6) is 0.299. The second-order valence-corrected chi connectivity index (χ2v) is 8.03. The van der Waals surface area contributed by atoms with Crippen molar-refractivity contribution in [3.05, 3.63) is 0 Å². The van der Waals surface area contributed by atoms with Crippen LogP contribution in [0.2, 0.25) is 0 Å². The average Bonchev–Trinajstić information content (AvgIpc) is 2.45. The van der Waals surface area contributed by atoms with Gasteiger partial charge in [-0.15, -0.1) is 0 Å². The van der Waals surface area contributed by atoms with Crippen molar-refractivity contribution in [3.8, 4) is 0 Å². The van der Waals surface area contributed by atoms with Crippen LogP contribution in [-0.2, 0) is 10.0 Å². The van der Waals surface area contributed by atoms with Crippen LogP contribution in [-0.4, -0.2) is 20.7 Å². The third-order valence-corrected chi connectivity index (χ3v) is 5.34. The smallest absolute Gasteiger partial charge is 0.211 e. The van der Waals surface area contributed by atoms with Crippen molar-refractivity contribution >= 4 is 10.0 Å². The molecule has 0 bridgehead atoms. The van der Waals surface area contributed by atoms with Gasteiger partial charge in [0.1, 0.15) is 0 Å². The van der Waals surface area contributed by atoms with Crippen molar-refractivity contribution in [2.45, 2.75) is 97.3 Å². The van der Waals surface area contributed by atoms with E-state index in [2.05, 4.69) is 18.6 Å². The van der Waals surface area contributed by atoms with Crippen molar-refractivity contribution < 1.29 is 8.42 Å². The van der Waals surface area contributed by atoms with E-state index >= 15 is 0 Å². The molecule has 0 heterocycles. The third-order valence-electron chi connectivity index (χ3n) is 3.87. The van der Waals surface area contributed by atoms with E-state index in [1.807, 2.05) is 0 Å². The van der Waals surface area contributed by atoms with E-state index in [9.17, 15) is 8.42 Å². The van der Waals surface area contributed by atoms with Gasteiger partial charge in [0.05, 0.1) is 5.75 Å². The van der Waals surface area contributed by atoms with Crippen molar-refractivity contribution in [2.24, 2.45) is 0 Å². The Bertz CT molecular complexity index is 302. The highest BCUT2D eigenvalue weighted by Gasteiger charge is 2.08. The van der Waals surface area contributed by atoms with Crippen LogP contribution in [0.15, 0.2) is 0 Å². The molecular weight excluding hydrogens is 282 g/mol. The van der Waals surface area contributed by atoms with Crippen molar-refractivity contribution in [1.29, 1.82) is 0 Å². The largest absolute Gasteiger partial charge is 0.215 e. The molecule has 0 aromatic carbocycles. The Morgan fingerprint density at radius 2 is 1.05 bits per heavy atom. The Labute approximate surface area is 133 Å². The first kappa shape index (κ1) is 20.9. The maximum atomic E-state index is 11.8. The molecule has 0 atom stereocenters. The van der Waals surface area contributed by atoms with E-state index in [1.165, 1.54) is 51.4 Å². The molecule has 128 valence electrons. The fourth-order valence-electron chi connectivity index (χ4n) is 2.45. The molecule has 4 heteroatoms. The van der Waals surface area contributed by atoms with Crippen LogP contribution in [0.1, 0.15) is 97.3 Å². The number of rotatable bonds is 16. The Morgan fingerprint density at radius 3 is 1.57 bits per heavy atom. The average molecular weight is 320 g/mol. The summed E-state index contributed by atoms with van der Waals surface area (Å²) in [7, 11) is -3.02. The highest BCUT2D eigenvalue weighted by molar-refractivity contribution is 7.89. The van der Waals surface area contributed by atoms with Gasteiger partial charge in [-0.05, 0) is 12.8 Å². The molecule has 0 aromatic heterocycles. The fourth-order valence-corrected chi connectivity index (χ4v) is 3.64. The summed E-state index contributed by atoms with van der Waals surface area (Å²) in [6, 6.07) is 0. The van der Waals surface area contributed by atoms with E-state index in [0.29, 0.717) is 12.3 Å². The Hall–Kier alpha value is -0.0900. The molecule has 0 aromatic rings. The minimum absolute atomic E-state index is 0.299. The van der Waals surface area contributed by atoms with Crippen LogP contribution >= 0.6 is 0 Å². The van der Waals surface area contributed by atoms with Gasteiger partial charge >= 0.3 is 0 Å². The van der Waals surface area contributed by atoms with Crippen molar-refractivity contribution in [1.82, 2.24) is 4.72 Å². The monoisotopic (exact) mass is 319 g/mol. The molecule has 0 saturated heterocycles. The van der Waals surface area contributed by atoms with E-state index in [1.54, 1.807) is 0 Å². The van der Waals surface area contributed by atoms with Crippen LogP contribution in [0.4, 0.5) is 0 Å². The van der Waals surface area contributed by atoms with Crippen LogP contribution in [0.3, 0.4) is 0 Å². The van der Waals surface area contributed by atoms with E-state index < -0.39 is 10.0 Å². The first-order chi connectivity index (χ1) is 10.1. The number of hydrogen-bond donors (Lipinski definition) is 1. The molecule has 21 heavy (non-hydrogen) atoms. The van der Waals surface area contributed by atoms with E-state index in [4.69, 9.17) is 0 Å². The van der Waals surface area contributed by atoms with Gasteiger partial charge in [0.25, 0.3) is 0 Å². The SMILES string of the molecule is CCCCCCCCCCNS(=O)(=O)CCCCCCC. The molecule has 0 saturated carbocycles. The molecule has 0 radical (unpaired) electrons. The summed E-state index contributed by atoms with van der Waals surface area (Å²) < 4.78 is 26.3. The van der Waals surface area contributed by atoms with E-state index in [0.717, 1.165) is 32.1 Å². The van der Waals surface area contributed by atoms with Gasteiger partial charge in [0, 0.05) is 6.54 Å². The number of nitrogens with one attached hydrogen (secondary N) is 1. The molecular formula is C17H37NO2S. The van der Waals surface area contributed by atoms with Crippen LogP contribution in [0, 0.1) is 0 Å². The number of sulfonamides is 1. The summed E-state index contributed by atoms with van der Waals surface area (Å²) in [4.78, 5) is 0. The van der Waals surface area contributed by atoms with Crippen LogP contribution in [0.5, 0.6) is 0 Å². The Morgan fingerprint density at radius 1 is 0.619 bits per heavy atom. The highest BCUT2D eigenvalue weighted by atomic mass is 32.2. The first-order valence-electron chi connectivity index (χ1n) is 9.09. The quantitative estimate of drug-likeness (QED) is 0.406. The Kier molecular flexibility index (Phi) is 14.8. The summed E-state index contributed by atoms with van der Waals surface area (Å²) in [6.45, 7) is 5.02. The third kappa shape index (κ3) is 16.1. The van der Waals surface area contributed by atoms with Gasteiger partial charge in [0.15, 0.2) is 0 Å². The minimum Gasteiger partial charge on any atom is -0.215 e. The molecule has 0 rings (SSSR count). The van der Waals surface area contributed by atoms with Crippen molar-refractivity contribution in [3.63, 3.8) is 0 Å². The molecule has 0 aliphatic carbocycles. The first-order valence-corrected chi connectivity index (χ1v) is 10.7. The molecule has 3 nitrogen and oxygen atoms in total. The van der Waals surface area contributed by atoms with Crippen LogP contribution in [0.25, 0.3) is 0 Å². The molecule has 0 aliphatic heterocycles. The molecule has 0 spiro atoms. The normalized spacial score (nSPS) is 11.9. The highest BCUT2D eigenvalue weighted by Crippen LogP contribution is 2.08. The molecule has 0 aliphatic rings. The lowest BCUT2D eigenvalue weighted by Gasteiger charge is -2.06. The second-order valence-electron chi connectivity index (χ2n) is 6.10. The maximum absolute atomic E-state index is 11.8. The molecule has 0 unspecified atom stereocenters. The van der Waals surface area contributed by atoms with E-state index in [-0.39, 0.29) is 0 Å². The van der Waals surface area contributed by atoms with Gasteiger partial charge in [-0.2, -0.15) is 0 Å². The topological polar surface area (TPSA) is 46.2 Å².